The van der Waals surface area contributed by atoms with E-state index in [-0.39, 0.29) is 5.78 Å². The molecular formula is C16H11Cl2NO. The molecule has 0 aliphatic rings. The van der Waals surface area contributed by atoms with Gasteiger partial charge in [0, 0.05) is 28.2 Å². The Labute approximate surface area is 126 Å². The van der Waals surface area contributed by atoms with Crippen LogP contribution in [0.15, 0.2) is 42.6 Å². The number of aryl methyl sites for hydroxylation is 1. The summed E-state index contributed by atoms with van der Waals surface area (Å²) in [6, 6.07) is 11.0. The molecule has 0 saturated heterocycles. The van der Waals surface area contributed by atoms with Gasteiger partial charge in [0.1, 0.15) is 0 Å². The van der Waals surface area contributed by atoms with E-state index in [1.807, 2.05) is 25.1 Å². The highest BCUT2D eigenvalue weighted by atomic mass is 35.5. The zero-order chi connectivity index (χ0) is 14.3. The lowest BCUT2D eigenvalue weighted by atomic mass is 10.00. The van der Waals surface area contributed by atoms with Gasteiger partial charge in [-0.3, -0.25) is 4.79 Å². The summed E-state index contributed by atoms with van der Waals surface area (Å²) < 4.78 is 0. The van der Waals surface area contributed by atoms with Crippen LogP contribution in [-0.4, -0.2) is 10.8 Å². The minimum absolute atomic E-state index is 0.127. The number of rotatable bonds is 2. The highest BCUT2D eigenvalue weighted by Gasteiger charge is 2.18. The lowest BCUT2D eigenvalue weighted by Crippen LogP contribution is -2.02. The van der Waals surface area contributed by atoms with E-state index in [4.69, 9.17) is 23.2 Å². The number of nitrogens with one attached hydrogen (secondary N) is 1. The molecule has 3 aromatic rings. The molecule has 0 aliphatic heterocycles. The Balaban J connectivity index is 2.21. The van der Waals surface area contributed by atoms with Gasteiger partial charge >= 0.3 is 0 Å². The Hall–Kier alpha value is -1.77. The maximum atomic E-state index is 12.7. The summed E-state index contributed by atoms with van der Waals surface area (Å²) in [7, 11) is 0. The van der Waals surface area contributed by atoms with E-state index in [2.05, 4.69) is 4.98 Å². The van der Waals surface area contributed by atoms with Gasteiger partial charge in [0.25, 0.3) is 0 Å². The van der Waals surface area contributed by atoms with Crippen molar-refractivity contribution >= 4 is 39.9 Å². The molecule has 0 radical (unpaired) electrons. The second-order valence-corrected chi connectivity index (χ2v) is 5.42. The predicted octanol–water partition coefficient (Wildman–Crippen LogP) is 5.01. The first-order valence-corrected chi connectivity index (χ1v) is 6.90. The molecule has 1 N–H and O–H groups in total. The molecule has 4 heteroatoms. The van der Waals surface area contributed by atoms with Crippen molar-refractivity contribution in [3.05, 3.63) is 69.3 Å². The molecule has 2 aromatic carbocycles. The molecule has 0 fully saturated rings. The number of benzene rings is 2. The van der Waals surface area contributed by atoms with Gasteiger partial charge in [0.05, 0.1) is 10.0 Å². The number of carbonyl (C=O) groups is 1. The van der Waals surface area contributed by atoms with Crippen molar-refractivity contribution in [2.24, 2.45) is 0 Å². The number of aromatic amines is 1. The second kappa shape index (κ2) is 4.97. The zero-order valence-electron chi connectivity index (χ0n) is 10.7. The predicted molar refractivity (Wildman–Crippen MR) is 82.9 cm³/mol. The molecule has 20 heavy (non-hydrogen) atoms. The average molecular weight is 304 g/mol. The quantitative estimate of drug-likeness (QED) is 0.663. The molecule has 2 nitrogen and oxygen atoms in total. The zero-order valence-corrected chi connectivity index (χ0v) is 12.2. The molecule has 100 valence electrons. The van der Waals surface area contributed by atoms with Crippen molar-refractivity contribution in [2.75, 3.05) is 0 Å². The van der Waals surface area contributed by atoms with E-state index in [0.29, 0.717) is 21.2 Å². The van der Waals surface area contributed by atoms with Crippen molar-refractivity contribution in [2.45, 2.75) is 6.92 Å². The lowest BCUT2D eigenvalue weighted by molar-refractivity contribution is 0.104. The van der Waals surface area contributed by atoms with E-state index in [9.17, 15) is 4.79 Å². The molecule has 0 atom stereocenters. The lowest BCUT2D eigenvalue weighted by Gasteiger charge is -2.05. The van der Waals surface area contributed by atoms with Crippen molar-refractivity contribution in [3.8, 4) is 0 Å². The monoisotopic (exact) mass is 303 g/mol. The number of halogens is 2. The minimum Gasteiger partial charge on any atom is -0.360 e. The molecule has 0 amide bonds. The number of hydrogen-bond acceptors (Lipinski definition) is 1. The summed E-state index contributed by atoms with van der Waals surface area (Å²) >= 11 is 12.1. The van der Waals surface area contributed by atoms with Gasteiger partial charge in [-0.05, 0) is 30.7 Å². The van der Waals surface area contributed by atoms with Gasteiger partial charge in [-0.25, -0.2) is 0 Å². The van der Waals surface area contributed by atoms with Crippen LogP contribution < -0.4 is 0 Å². The highest BCUT2D eigenvalue weighted by Crippen LogP contribution is 2.30. The fourth-order valence-corrected chi connectivity index (χ4v) is 2.76. The molecule has 0 spiro atoms. The van der Waals surface area contributed by atoms with Gasteiger partial charge in [-0.1, -0.05) is 41.4 Å². The standard InChI is InChI=1S/C16H11Cl2NO/c1-9-4-2-7-13-14(9)11(8-19-13)16(20)10-5-3-6-12(17)15(10)18/h2-8,19H,1H3. The van der Waals surface area contributed by atoms with Crippen LogP contribution in [0.5, 0.6) is 0 Å². The number of H-pyrrole nitrogens is 1. The molecule has 1 heterocycles. The first-order valence-electron chi connectivity index (χ1n) is 6.15. The number of ketones is 1. The van der Waals surface area contributed by atoms with Crippen molar-refractivity contribution in [1.29, 1.82) is 0 Å². The van der Waals surface area contributed by atoms with Crippen LogP contribution in [-0.2, 0) is 0 Å². The fourth-order valence-electron chi connectivity index (χ4n) is 2.37. The van der Waals surface area contributed by atoms with Crippen LogP contribution in [0.3, 0.4) is 0 Å². The first-order chi connectivity index (χ1) is 9.59. The Kier molecular flexibility index (Phi) is 3.28. The first kappa shape index (κ1) is 13.2. The molecule has 3 rings (SSSR count). The Bertz CT molecular complexity index is 820. The highest BCUT2D eigenvalue weighted by molar-refractivity contribution is 6.44. The molecule has 1 aromatic heterocycles. The Morgan fingerprint density at radius 1 is 1.05 bits per heavy atom. The number of fused-ring (bicyclic) bond motifs is 1. The molecule has 0 unspecified atom stereocenters. The van der Waals surface area contributed by atoms with E-state index in [1.165, 1.54) is 0 Å². The minimum atomic E-state index is -0.127. The van der Waals surface area contributed by atoms with Crippen LogP contribution in [0.2, 0.25) is 10.0 Å². The Morgan fingerprint density at radius 2 is 1.80 bits per heavy atom. The summed E-state index contributed by atoms with van der Waals surface area (Å²) in [6.45, 7) is 1.98. The van der Waals surface area contributed by atoms with Crippen molar-refractivity contribution in [1.82, 2.24) is 4.98 Å². The summed E-state index contributed by atoms with van der Waals surface area (Å²) in [5.74, 6) is -0.127. The van der Waals surface area contributed by atoms with Crippen LogP contribution >= 0.6 is 23.2 Å². The van der Waals surface area contributed by atoms with Gasteiger partial charge in [-0.15, -0.1) is 0 Å². The van der Waals surface area contributed by atoms with E-state index >= 15 is 0 Å². The van der Waals surface area contributed by atoms with E-state index in [0.717, 1.165) is 16.5 Å². The average Bonchev–Trinajstić information content (AvgIpc) is 2.86. The Morgan fingerprint density at radius 3 is 2.60 bits per heavy atom. The maximum Gasteiger partial charge on any atom is 0.196 e. The smallest absolute Gasteiger partial charge is 0.196 e. The summed E-state index contributed by atoms with van der Waals surface area (Å²) in [5, 5.41) is 1.60. The van der Waals surface area contributed by atoms with Crippen LogP contribution in [0.4, 0.5) is 0 Å². The van der Waals surface area contributed by atoms with Gasteiger partial charge in [0.15, 0.2) is 5.78 Å². The molecule has 0 saturated carbocycles. The third-order valence-corrected chi connectivity index (χ3v) is 4.17. The number of aromatic nitrogens is 1. The third-order valence-electron chi connectivity index (χ3n) is 3.35. The van der Waals surface area contributed by atoms with Crippen molar-refractivity contribution in [3.63, 3.8) is 0 Å². The third kappa shape index (κ3) is 2.01. The number of hydrogen-bond donors (Lipinski definition) is 1. The number of carbonyl (C=O) groups excluding carboxylic acids is 1. The van der Waals surface area contributed by atoms with Gasteiger partial charge in [-0.2, -0.15) is 0 Å². The summed E-state index contributed by atoms with van der Waals surface area (Å²) in [4.78, 5) is 15.8. The van der Waals surface area contributed by atoms with E-state index in [1.54, 1.807) is 24.4 Å². The molecule has 0 aliphatic carbocycles. The molecule has 0 bridgehead atoms. The normalized spacial score (nSPS) is 10.9. The fraction of sp³-hybridized carbons (Fsp3) is 0.0625. The largest absolute Gasteiger partial charge is 0.360 e. The van der Waals surface area contributed by atoms with E-state index < -0.39 is 0 Å². The van der Waals surface area contributed by atoms with Gasteiger partial charge < -0.3 is 4.98 Å². The van der Waals surface area contributed by atoms with Crippen molar-refractivity contribution < 1.29 is 4.79 Å². The molecular weight excluding hydrogens is 293 g/mol. The topological polar surface area (TPSA) is 32.9 Å². The summed E-state index contributed by atoms with van der Waals surface area (Å²) in [5.41, 5.74) is 3.02. The second-order valence-electron chi connectivity index (χ2n) is 4.63. The van der Waals surface area contributed by atoms with Crippen LogP contribution in [0.25, 0.3) is 10.9 Å². The summed E-state index contributed by atoms with van der Waals surface area (Å²) in [6.07, 6.45) is 1.72. The van der Waals surface area contributed by atoms with Crippen LogP contribution in [0, 0.1) is 6.92 Å². The SMILES string of the molecule is Cc1cccc2[nH]cc(C(=O)c3cccc(Cl)c3Cl)c12. The van der Waals surface area contributed by atoms with Crippen LogP contribution in [0.1, 0.15) is 21.5 Å². The van der Waals surface area contributed by atoms with Gasteiger partial charge in [0.2, 0.25) is 0 Å². The maximum absolute atomic E-state index is 12.7.